The highest BCUT2D eigenvalue weighted by molar-refractivity contribution is 6.30. The molecule has 2 aliphatic carbocycles. The van der Waals surface area contributed by atoms with Crippen LogP contribution < -0.4 is 15.9 Å². The molecule has 3 aliphatic rings. The number of fused-ring (bicyclic) bond motifs is 3. The summed E-state index contributed by atoms with van der Waals surface area (Å²) in [5.41, 5.74) is 0.869. The topological polar surface area (TPSA) is 103 Å². The second-order valence-electron chi connectivity index (χ2n) is 6.64. The third-order valence-electron chi connectivity index (χ3n) is 4.96. The number of aliphatic carboxylic acids is 1. The van der Waals surface area contributed by atoms with Gasteiger partial charge in [0.2, 0.25) is 0 Å². The Morgan fingerprint density at radius 3 is 2.70 bits per heavy atom. The van der Waals surface area contributed by atoms with Gasteiger partial charge in [-0.1, -0.05) is 30.7 Å². The summed E-state index contributed by atoms with van der Waals surface area (Å²) in [6.07, 6.45) is 2.53. The smallest absolute Gasteiger partial charge is 0.303 e. The first-order valence-electron chi connectivity index (χ1n) is 8.90. The Kier molecular flexibility index (Phi) is 4.21. The summed E-state index contributed by atoms with van der Waals surface area (Å²) in [6, 6.07) is 11.8. The maximum Gasteiger partial charge on any atom is 0.303 e. The molecule has 1 amide bonds. The highest BCUT2D eigenvalue weighted by Crippen LogP contribution is 2.25. The number of unbranched alkanes of at least 4 members (excludes halogenated alkanes) is 2. The number of carboxylic acid groups (broad SMARTS) is 1. The van der Waals surface area contributed by atoms with E-state index in [0.717, 1.165) is 39.4 Å². The number of hydrogen-bond acceptors (Lipinski definition) is 4. The fourth-order valence-electron chi connectivity index (χ4n) is 3.77. The van der Waals surface area contributed by atoms with Crippen molar-refractivity contribution in [2.24, 2.45) is 4.99 Å². The summed E-state index contributed by atoms with van der Waals surface area (Å²) in [5, 5.41) is 26.2. The van der Waals surface area contributed by atoms with Crippen molar-refractivity contribution in [1.82, 2.24) is 0 Å². The Bertz CT molecular complexity index is 1290. The van der Waals surface area contributed by atoms with Crippen molar-refractivity contribution >= 4 is 33.9 Å². The molecular formula is C21H17N3O3. The van der Waals surface area contributed by atoms with Crippen LogP contribution in [-0.4, -0.2) is 23.5 Å². The van der Waals surface area contributed by atoms with Crippen molar-refractivity contribution in [3.05, 3.63) is 51.3 Å². The lowest BCUT2D eigenvalue weighted by atomic mass is 10.1. The van der Waals surface area contributed by atoms with Crippen molar-refractivity contribution in [2.75, 3.05) is 11.9 Å². The zero-order valence-electron chi connectivity index (χ0n) is 14.6. The van der Waals surface area contributed by atoms with E-state index < -0.39 is 5.97 Å². The average molecular weight is 359 g/mol. The SMILES string of the molecule is N#CC1=c2c(c3cccc4c(=NCCCCCC(=O)O)ccc2=c34)NC1=O. The number of nitriles is 1. The molecule has 0 radical (unpaired) electrons. The van der Waals surface area contributed by atoms with E-state index in [0.29, 0.717) is 23.9 Å². The predicted octanol–water partition coefficient (Wildman–Crippen LogP) is 1.89. The Balaban J connectivity index is 1.77. The van der Waals surface area contributed by atoms with Crippen molar-refractivity contribution in [3.63, 3.8) is 0 Å². The number of amides is 1. The molecule has 0 bridgehead atoms. The second-order valence-corrected chi connectivity index (χ2v) is 6.64. The van der Waals surface area contributed by atoms with E-state index in [4.69, 9.17) is 5.11 Å². The highest BCUT2D eigenvalue weighted by Gasteiger charge is 2.25. The molecule has 27 heavy (non-hydrogen) atoms. The molecule has 1 aliphatic heterocycles. The van der Waals surface area contributed by atoms with Crippen LogP contribution in [0.15, 0.2) is 35.3 Å². The summed E-state index contributed by atoms with van der Waals surface area (Å²) in [4.78, 5) is 27.2. The number of nitrogens with zero attached hydrogens (tertiary/aromatic N) is 2. The maximum absolute atomic E-state index is 12.0. The maximum atomic E-state index is 12.0. The summed E-state index contributed by atoms with van der Waals surface area (Å²) in [6.45, 7) is 0.637. The van der Waals surface area contributed by atoms with Crippen LogP contribution in [0, 0.1) is 21.8 Å². The molecule has 1 aromatic carbocycles. The van der Waals surface area contributed by atoms with Gasteiger partial charge in [-0.3, -0.25) is 14.6 Å². The fraction of sp³-hybridized carbons (Fsp3) is 0.238. The van der Waals surface area contributed by atoms with E-state index in [9.17, 15) is 14.9 Å². The summed E-state index contributed by atoms with van der Waals surface area (Å²) in [7, 11) is 0. The van der Waals surface area contributed by atoms with Gasteiger partial charge >= 0.3 is 5.97 Å². The number of nitrogens with one attached hydrogen (secondary N) is 1. The van der Waals surface area contributed by atoms with Gasteiger partial charge in [0.15, 0.2) is 0 Å². The van der Waals surface area contributed by atoms with Crippen LogP contribution >= 0.6 is 0 Å². The van der Waals surface area contributed by atoms with Gasteiger partial charge in [-0.05, 0) is 24.1 Å². The normalized spacial score (nSPS) is 14.0. The van der Waals surface area contributed by atoms with E-state index in [1.165, 1.54) is 0 Å². The van der Waals surface area contributed by atoms with Gasteiger partial charge in [-0.15, -0.1) is 0 Å². The molecule has 134 valence electrons. The molecule has 6 nitrogen and oxygen atoms in total. The minimum absolute atomic E-state index is 0.158. The average Bonchev–Trinajstić information content (AvgIpc) is 3.14. The van der Waals surface area contributed by atoms with E-state index in [-0.39, 0.29) is 17.9 Å². The molecule has 1 heterocycles. The Hall–Kier alpha value is -3.46. The standard InChI is InChI=1S/C21H17N3O3/c22-11-15-19-13-8-9-16(23-10-3-1-2-7-17(25)26)12-5-4-6-14(18(12)13)20(19)24-21(15)27/h4-6,8-9H,1-3,7,10H2,(H,24,27)(H,25,26). The summed E-state index contributed by atoms with van der Waals surface area (Å²) in [5.74, 6) is -1.11. The van der Waals surface area contributed by atoms with Crippen LogP contribution in [0.25, 0.3) is 16.3 Å². The molecule has 0 spiro atoms. The second kappa shape index (κ2) is 6.69. The van der Waals surface area contributed by atoms with Crippen molar-refractivity contribution in [2.45, 2.75) is 25.7 Å². The van der Waals surface area contributed by atoms with Crippen molar-refractivity contribution in [3.8, 4) is 6.07 Å². The van der Waals surface area contributed by atoms with Gasteiger partial charge in [0.05, 0.1) is 11.0 Å². The lowest BCUT2D eigenvalue weighted by Gasteiger charge is -2.01. The van der Waals surface area contributed by atoms with Crippen LogP contribution in [0.3, 0.4) is 0 Å². The lowest BCUT2D eigenvalue weighted by molar-refractivity contribution is -0.137. The molecule has 0 fully saturated rings. The molecule has 0 unspecified atom stereocenters. The zero-order valence-corrected chi connectivity index (χ0v) is 14.6. The largest absolute Gasteiger partial charge is 0.481 e. The molecule has 1 aromatic rings. The first kappa shape index (κ1) is 17.0. The first-order chi connectivity index (χ1) is 13.1. The number of carboxylic acids is 1. The molecule has 0 aromatic heterocycles. The number of carbonyl (C=O) groups excluding carboxylic acids is 1. The monoisotopic (exact) mass is 359 g/mol. The van der Waals surface area contributed by atoms with Crippen LogP contribution in [0.4, 0.5) is 5.69 Å². The number of rotatable bonds is 6. The van der Waals surface area contributed by atoms with Crippen LogP contribution in [0.5, 0.6) is 0 Å². The highest BCUT2D eigenvalue weighted by atomic mass is 16.4. The van der Waals surface area contributed by atoms with Gasteiger partial charge in [0.1, 0.15) is 11.6 Å². The Labute approximate surface area is 154 Å². The molecule has 0 saturated carbocycles. The van der Waals surface area contributed by atoms with Crippen LogP contribution in [0.2, 0.25) is 0 Å². The molecule has 4 rings (SSSR count). The van der Waals surface area contributed by atoms with Crippen LogP contribution in [-0.2, 0) is 9.59 Å². The molecular weight excluding hydrogens is 342 g/mol. The molecule has 0 atom stereocenters. The van der Waals surface area contributed by atoms with Gasteiger partial charge in [-0.2, -0.15) is 5.26 Å². The van der Waals surface area contributed by atoms with Crippen molar-refractivity contribution in [1.29, 1.82) is 5.26 Å². The summed E-state index contributed by atoms with van der Waals surface area (Å²) < 4.78 is 0. The number of benzene rings is 1. The predicted molar refractivity (Wildman–Crippen MR) is 99.8 cm³/mol. The zero-order chi connectivity index (χ0) is 19.0. The van der Waals surface area contributed by atoms with Crippen LogP contribution in [0.1, 0.15) is 25.7 Å². The van der Waals surface area contributed by atoms with E-state index in [1.54, 1.807) is 0 Å². The van der Waals surface area contributed by atoms with E-state index in [2.05, 4.69) is 10.3 Å². The van der Waals surface area contributed by atoms with Crippen molar-refractivity contribution < 1.29 is 14.7 Å². The minimum atomic E-state index is -0.763. The number of hydrogen-bond donors (Lipinski definition) is 2. The van der Waals surface area contributed by atoms with Gasteiger partial charge in [0.25, 0.3) is 5.91 Å². The fourth-order valence-corrected chi connectivity index (χ4v) is 3.77. The van der Waals surface area contributed by atoms with Gasteiger partial charge < -0.3 is 10.4 Å². The molecule has 0 saturated heterocycles. The van der Waals surface area contributed by atoms with Gasteiger partial charge in [0, 0.05) is 34.2 Å². The lowest BCUT2D eigenvalue weighted by Crippen LogP contribution is -2.09. The van der Waals surface area contributed by atoms with Gasteiger partial charge in [-0.25, -0.2) is 0 Å². The minimum Gasteiger partial charge on any atom is -0.481 e. The third kappa shape index (κ3) is 2.77. The Morgan fingerprint density at radius 1 is 1.11 bits per heavy atom. The van der Waals surface area contributed by atoms with E-state index in [1.807, 2.05) is 36.4 Å². The summed E-state index contributed by atoms with van der Waals surface area (Å²) >= 11 is 0. The van der Waals surface area contributed by atoms with E-state index >= 15 is 0 Å². The first-order valence-corrected chi connectivity index (χ1v) is 8.90. The third-order valence-corrected chi connectivity index (χ3v) is 4.96. The molecule has 2 N–H and O–H groups in total. The molecule has 6 heteroatoms. The number of anilines is 1. The quantitative estimate of drug-likeness (QED) is 0.656. The Morgan fingerprint density at radius 2 is 1.93 bits per heavy atom. The number of carbonyl (C=O) groups is 2.